The number of aromatic nitrogens is 2. The van der Waals surface area contributed by atoms with Crippen LogP contribution in [-0.2, 0) is 4.79 Å². The number of imidazole rings is 1. The van der Waals surface area contributed by atoms with E-state index in [2.05, 4.69) is 20.2 Å². The number of carbonyl (C=O) groups is 1. The van der Waals surface area contributed by atoms with Gasteiger partial charge in [0.1, 0.15) is 5.82 Å². The quantitative estimate of drug-likeness (QED) is 0.719. The van der Waals surface area contributed by atoms with E-state index in [0.29, 0.717) is 12.6 Å². The van der Waals surface area contributed by atoms with E-state index in [9.17, 15) is 4.79 Å². The van der Waals surface area contributed by atoms with E-state index in [1.807, 2.05) is 6.92 Å². The zero-order valence-corrected chi connectivity index (χ0v) is 11.4. The molecule has 2 heterocycles. The molecule has 0 spiro atoms. The highest BCUT2D eigenvalue weighted by Crippen LogP contribution is 2.12. The predicted molar refractivity (Wildman–Crippen MR) is 73.4 cm³/mol. The third-order valence-electron chi connectivity index (χ3n) is 3.59. The first-order valence-electron chi connectivity index (χ1n) is 6.95. The van der Waals surface area contributed by atoms with Crippen molar-refractivity contribution in [2.24, 2.45) is 5.73 Å². The minimum atomic E-state index is -0.0328. The van der Waals surface area contributed by atoms with Gasteiger partial charge in [0, 0.05) is 31.5 Å². The molecule has 1 unspecified atom stereocenters. The molecule has 1 aromatic rings. The Kier molecular flexibility index (Phi) is 4.93. The van der Waals surface area contributed by atoms with Gasteiger partial charge in [-0.15, -0.1) is 0 Å². The lowest BCUT2D eigenvalue weighted by Gasteiger charge is -2.29. The number of nitrogens with one attached hydrogen (secondary N) is 2. The lowest BCUT2D eigenvalue weighted by atomic mass is 10.1. The van der Waals surface area contributed by atoms with E-state index < -0.39 is 0 Å². The number of piperidine rings is 1. The summed E-state index contributed by atoms with van der Waals surface area (Å²) < 4.78 is 0. The van der Waals surface area contributed by atoms with Crippen LogP contribution in [0.25, 0.3) is 0 Å². The Bertz CT molecular complexity index is 384. The van der Waals surface area contributed by atoms with Crippen LogP contribution in [0.1, 0.15) is 38.1 Å². The fraction of sp³-hybridized carbons (Fsp3) is 0.692. The second-order valence-electron chi connectivity index (χ2n) is 5.12. The largest absolute Gasteiger partial charge is 0.347 e. The van der Waals surface area contributed by atoms with Crippen LogP contribution < -0.4 is 11.1 Å². The number of likely N-dealkylation sites (tertiary alicyclic amines) is 1. The zero-order chi connectivity index (χ0) is 13.7. The molecule has 1 atom stereocenters. The number of rotatable bonds is 5. The summed E-state index contributed by atoms with van der Waals surface area (Å²) >= 11 is 0. The summed E-state index contributed by atoms with van der Waals surface area (Å²) in [7, 11) is 0. The minimum Gasteiger partial charge on any atom is -0.347 e. The Morgan fingerprint density at radius 3 is 2.95 bits per heavy atom. The van der Waals surface area contributed by atoms with Crippen LogP contribution in [0.5, 0.6) is 0 Å². The monoisotopic (exact) mass is 265 g/mol. The number of amides is 1. The molecule has 2 rings (SSSR count). The van der Waals surface area contributed by atoms with Gasteiger partial charge in [-0.3, -0.25) is 9.69 Å². The molecule has 0 saturated carbocycles. The number of H-pyrrole nitrogens is 1. The third-order valence-corrected chi connectivity index (χ3v) is 3.59. The number of carbonyl (C=O) groups excluding carboxylic acids is 1. The summed E-state index contributed by atoms with van der Waals surface area (Å²) in [6.45, 7) is 4.30. The highest BCUT2D eigenvalue weighted by Gasteiger charge is 2.20. The summed E-state index contributed by atoms with van der Waals surface area (Å²) in [4.78, 5) is 21.4. The molecule has 0 radical (unpaired) electrons. The van der Waals surface area contributed by atoms with Crippen molar-refractivity contribution in [3.63, 3.8) is 0 Å². The molecule has 1 saturated heterocycles. The van der Waals surface area contributed by atoms with E-state index in [4.69, 9.17) is 5.73 Å². The maximum absolute atomic E-state index is 12.0. The molecule has 106 valence electrons. The van der Waals surface area contributed by atoms with Gasteiger partial charge < -0.3 is 16.0 Å². The highest BCUT2D eigenvalue weighted by molar-refractivity contribution is 5.78. The standard InChI is InChI=1S/C13H23N5O/c1-2-11(13-15-5-6-16-13)17-12(19)9-18-7-3-10(14)4-8-18/h5-6,10-11H,2-4,7-9,14H2,1H3,(H,15,16)(H,17,19). The molecular formula is C13H23N5O. The number of nitrogens with two attached hydrogens (primary N) is 1. The smallest absolute Gasteiger partial charge is 0.234 e. The van der Waals surface area contributed by atoms with Crippen LogP contribution in [0.2, 0.25) is 0 Å². The van der Waals surface area contributed by atoms with Gasteiger partial charge in [-0.2, -0.15) is 0 Å². The van der Waals surface area contributed by atoms with E-state index in [0.717, 1.165) is 38.2 Å². The molecule has 1 amide bonds. The van der Waals surface area contributed by atoms with E-state index in [1.54, 1.807) is 12.4 Å². The first-order valence-corrected chi connectivity index (χ1v) is 6.95. The Morgan fingerprint density at radius 2 is 2.37 bits per heavy atom. The first kappa shape index (κ1) is 14.0. The number of hydrogen-bond acceptors (Lipinski definition) is 4. The average molecular weight is 265 g/mol. The van der Waals surface area contributed by atoms with Gasteiger partial charge in [0.15, 0.2) is 0 Å². The van der Waals surface area contributed by atoms with Crippen molar-refractivity contribution in [3.8, 4) is 0 Å². The second-order valence-corrected chi connectivity index (χ2v) is 5.12. The Hall–Kier alpha value is -1.40. The van der Waals surface area contributed by atoms with Crippen molar-refractivity contribution in [2.75, 3.05) is 19.6 Å². The number of nitrogens with zero attached hydrogens (tertiary/aromatic N) is 2. The summed E-state index contributed by atoms with van der Waals surface area (Å²) in [6, 6.07) is 0.264. The fourth-order valence-corrected chi connectivity index (χ4v) is 2.39. The normalized spacial score (nSPS) is 19.3. The van der Waals surface area contributed by atoms with Crippen molar-refractivity contribution in [1.29, 1.82) is 0 Å². The SMILES string of the molecule is CCC(NC(=O)CN1CCC(N)CC1)c1ncc[nH]1. The molecule has 1 aromatic heterocycles. The minimum absolute atomic E-state index is 0.0328. The Labute approximate surface area is 113 Å². The topological polar surface area (TPSA) is 87.0 Å². The van der Waals surface area contributed by atoms with Gasteiger partial charge in [-0.1, -0.05) is 6.92 Å². The molecule has 0 aromatic carbocycles. The van der Waals surface area contributed by atoms with E-state index in [-0.39, 0.29) is 11.9 Å². The van der Waals surface area contributed by atoms with E-state index >= 15 is 0 Å². The van der Waals surface area contributed by atoms with Crippen LogP contribution in [-0.4, -0.2) is 46.5 Å². The van der Waals surface area contributed by atoms with Crippen molar-refractivity contribution in [3.05, 3.63) is 18.2 Å². The third kappa shape index (κ3) is 4.04. The zero-order valence-electron chi connectivity index (χ0n) is 11.4. The lowest BCUT2D eigenvalue weighted by molar-refractivity contribution is -0.123. The highest BCUT2D eigenvalue weighted by atomic mass is 16.2. The van der Waals surface area contributed by atoms with Crippen molar-refractivity contribution in [1.82, 2.24) is 20.2 Å². The van der Waals surface area contributed by atoms with Gasteiger partial charge in [0.25, 0.3) is 0 Å². The molecule has 0 bridgehead atoms. The first-order chi connectivity index (χ1) is 9.19. The summed E-state index contributed by atoms with van der Waals surface area (Å²) in [5.74, 6) is 0.871. The molecule has 6 nitrogen and oxygen atoms in total. The molecule has 4 N–H and O–H groups in total. The molecule has 0 aliphatic carbocycles. The van der Waals surface area contributed by atoms with Crippen LogP contribution in [0.3, 0.4) is 0 Å². The summed E-state index contributed by atoms with van der Waals surface area (Å²) in [5.41, 5.74) is 5.85. The van der Waals surface area contributed by atoms with Crippen molar-refractivity contribution >= 4 is 5.91 Å². The summed E-state index contributed by atoms with van der Waals surface area (Å²) in [6.07, 6.45) is 6.25. The molecular weight excluding hydrogens is 242 g/mol. The van der Waals surface area contributed by atoms with Gasteiger partial charge in [-0.05, 0) is 19.3 Å². The average Bonchev–Trinajstić information content (AvgIpc) is 2.92. The predicted octanol–water partition coefficient (Wildman–Crippen LogP) is 0.400. The molecule has 1 aliphatic rings. The Balaban J connectivity index is 1.80. The molecule has 1 fully saturated rings. The molecule has 19 heavy (non-hydrogen) atoms. The van der Waals surface area contributed by atoms with Crippen LogP contribution in [0.4, 0.5) is 0 Å². The molecule has 1 aliphatic heterocycles. The van der Waals surface area contributed by atoms with Crippen LogP contribution >= 0.6 is 0 Å². The van der Waals surface area contributed by atoms with Crippen LogP contribution in [0, 0.1) is 0 Å². The summed E-state index contributed by atoms with van der Waals surface area (Å²) in [5, 5.41) is 3.02. The maximum Gasteiger partial charge on any atom is 0.234 e. The lowest BCUT2D eigenvalue weighted by Crippen LogP contribution is -2.45. The van der Waals surface area contributed by atoms with Gasteiger partial charge in [0.2, 0.25) is 5.91 Å². The van der Waals surface area contributed by atoms with Gasteiger partial charge in [0.05, 0.1) is 12.6 Å². The van der Waals surface area contributed by atoms with Crippen molar-refractivity contribution < 1.29 is 4.79 Å². The van der Waals surface area contributed by atoms with Crippen molar-refractivity contribution in [2.45, 2.75) is 38.3 Å². The van der Waals surface area contributed by atoms with Gasteiger partial charge >= 0.3 is 0 Å². The fourth-order valence-electron chi connectivity index (χ4n) is 2.39. The number of aromatic amines is 1. The maximum atomic E-state index is 12.0. The number of hydrogen-bond donors (Lipinski definition) is 3. The van der Waals surface area contributed by atoms with E-state index in [1.165, 1.54) is 0 Å². The Morgan fingerprint density at radius 1 is 1.63 bits per heavy atom. The second kappa shape index (κ2) is 6.68. The molecule has 6 heteroatoms. The van der Waals surface area contributed by atoms with Crippen LogP contribution in [0.15, 0.2) is 12.4 Å². The van der Waals surface area contributed by atoms with Gasteiger partial charge in [-0.25, -0.2) is 4.98 Å².